The monoisotopic (exact) mass is 348 g/mol. The van der Waals surface area contributed by atoms with E-state index in [9.17, 15) is 9.90 Å². The molecule has 1 aromatic carbocycles. The summed E-state index contributed by atoms with van der Waals surface area (Å²) in [5, 5.41) is 13.0. The molecule has 5 heteroatoms. The van der Waals surface area contributed by atoms with E-state index in [1.54, 1.807) is 0 Å². The summed E-state index contributed by atoms with van der Waals surface area (Å²) in [5.41, 5.74) is 1.29. The Bertz CT molecular complexity index is 521. The molecule has 0 spiro atoms. The van der Waals surface area contributed by atoms with Crippen LogP contribution in [-0.4, -0.2) is 53.9 Å². The topological polar surface area (TPSA) is 61.8 Å². The fraction of sp³-hybridized carbons (Fsp3) is 0.650. The second kappa shape index (κ2) is 9.90. The van der Waals surface area contributed by atoms with Gasteiger partial charge in [-0.15, -0.1) is 0 Å². The van der Waals surface area contributed by atoms with Gasteiger partial charge in [-0.1, -0.05) is 51.1 Å². The minimum Gasteiger partial charge on any atom is -0.392 e. The first-order chi connectivity index (χ1) is 12.0. The maximum Gasteiger partial charge on any atom is 0.222 e. The molecule has 3 unspecified atom stereocenters. The van der Waals surface area contributed by atoms with E-state index in [0.29, 0.717) is 6.61 Å². The predicted octanol–water partition coefficient (Wildman–Crippen LogP) is 2.19. The van der Waals surface area contributed by atoms with Gasteiger partial charge in [0.2, 0.25) is 5.91 Å². The highest BCUT2D eigenvalue weighted by Crippen LogP contribution is 2.15. The number of morpholine rings is 1. The molecule has 1 aliphatic heterocycles. The minimum absolute atomic E-state index is 0.0115. The molecule has 2 N–H and O–H groups in total. The number of benzene rings is 1. The van der Waals surface area contributed by atoms with Crippen LogP contribution in [0.5, 0.6) is 0 Å². The fourth-order valence-corrected chi connectivity index (χ4v) is 3.11. The van der Waals surface area contributed by atoms with Crippen molar-refractivity contribution < 1.29 is 14.6 Å². The molecule has 1 amide bonds. The smallest absolute Gasteiger partial charge is 0.222 e. The van der Waals surface area contributed by atoms with Crippen molar-refractivity contribution in [3.8, 4) is 0 Å². The van der Waals surface area contributed by atoms with Crippen LogP contribution in [0, 0.1) is 5.92 Å². The molecule has 0 aliphatic carbocycles. The molecular formula is C20H32N2O3. The summed E-state index contributed by atoms with van der Waals surface area (Å²) < 4.78 is 5.93. The summed E-state index contributed by atoms with van der Waals surface area (Å²) in [6, 6.07) is 10.4. The summed E-state index contributed by atoms with van der Waals surface area (Å²) in [7, 11) is 0. The third-order valence-electron chi connectivity index (χ3n) is 4.83. The lowest BCUT2D eigenvalue weighted by atomic mass is 10.0. The number of aliphatic hydroxyl groups excluding tert-OH is 1. The van der Waals surface area contributed by atoms with Crippen molar-refractivity contribution in [3.05, 3.63) is 35.9 Å². The molecule has 140 valence electrons. The van der Waals surface area contributed by atoms with Gasteiger partial charge >= 0.3 is 0 Å². The molecule has 1 fully saturated rings. The number of carbonyl (C=O) groups is 1. The van der Waals surface area contributed by atoms with E-state index < -0.39 is 6.10 Å². The van der Waals surface area contributed by atoms with Crippen LogP contribution in [0.4, 0.5) is 0 Å². The lowest BCUT2D eigenvalue weighted by Gasteiger charge is -2.37. The van der Waals surface area contributed by atoms with Crippen molar-refractivity contribution in [2.24, 2.45) is 5.92 Å². The number of aliphatic hydroxyl groups is 1. The molecule has 25 heavy (non-hydrogen) atoms. The lowest BCUT2D eigenvalue weighted by Crippen LogP contribution is -2.53. The number of hydrogen-bond acceptors (Lipinski definition) is 4. The van der Waals surface area contributed by atoms with Gasteiger partial charge in [-0.25, -0.2) is 0 Å². The van der Waals surface area contributed by atoms with Gasteiger partial charge in [-0.2, -0.15) is 0 Å². The summed E-state index contributed by atoms with van der Waals surface area (Å²) in [5.74, 6) is -0.0186. The molecule has 0 bridgehead atoms. The third kappa shape index (κ3) is 6.42. The van der Waals surface area contributed by atoms with Gasteiger partial charge in [0.25, 0.3) is 0 Å². The predicted molar refractivity (Wildman–Crippen MR) is 99.1 cm³/mol. The van der Waals surface area contributed by atoms with Gasteiger partial charge in [0.15, 0.2) is 0 Å². The van der Waals surface area contributed by atoms with Crippen LogP contribution in [0.25, 0.3) is 0 Å². The zero-order valence-electron chi connectivity index (χ0n) is 15.6. The Hall–Kier alpha value is -1.43. The Morgan fingerprint density at radius 1 is 1.36 bits per heavy atom. The van der Waals surface area contributed by atoms with Crippen LogP contribution in [0.2, 0.25) is 0 Å². The first-order valence-corrected chi connectivity index (χ1v) is 9.35. The molecule has 1 aliphatic rings. The van der Waals surface area contributed by atoms with Crippen LogP contribution < -0.4 is 5.32 Å². The molecule has 1 saturated heterocycles. The molecule has 0 radical (unpaired) electrons. The Balaban J connectivity index is 1.87. The number of rotatable bonds is 8. The third-order valence-corrected chi connectivity index (χ3v) is 4.83. The molecule has 2 rings (SSSR count). The highest BCUT2D eigenvalue weighted by Gasteiger charge is 2.28. The van der Waals surface area contributed by atoms with Gasteiger partial charge < -0.3 is 15.2 Å². The maximum atomic E-state index is 12.2. The number of ether oxygens (including phenoxy) is 1. The summed E-state index contributed by atoms with van der Waals surface area (Å²) in [6.45, 7) is 9.18. The van der Waals surface area contributed by atoms with Crippen molar-refractivity contribution in [3.63, 3.8) is 0 Å². The van der Waals surface area contributed by atoms with E-state index in [0.717, 1.165) is 26.1 Å². The largest absolute Gasteiger partial charge is 0.392 e. The highest BCUT2D eigenvalue weighted by atomic mass is 16.5. The van der Waals surface area contributed by atoms with Crippen LogP contribution in [0.3, 0.4) is 0 Å². The second-order valence-corrected chi connectivity index (χ2v) is 7.23. The first kappa shape index (κ1) is 19.9. The Morgan fingerprint density at radius 3 is 2.72 bits per heavy atom. The van der Waals surface area contributed by atoms with E-state index in [1.807, 2.05) is 19.9 Å². The Kier molecular flexibility index (Phi) is 7.88. The van der Waals surface area contributed by atoms with Crippen LogP contribution >= 0.6 is 0 Å². The second-order valence-electron chi connectivity index (χ2n) is 7.23. The quantitative estimate of drug-likeness (QED) is 0.756. The van der Waals surface area contributed by atoms with E-state index in [-0.39, 0.29) is 30.4 Å². The zero-order valence-corrected chi connectivity index (χ0v) is 15.6. The SMILES string of the molecule is CCC(NC(=O)CC(O)C(C)C)C1CN(Cc2ccccc2)CCO1. The number of nitrogens with zero attached hydrogens (tertiary/aromatic N) is 1. The number of hydrogen-bond donors (Lipinski definition) is 2. The van der Waals surface area contributed by atoms with Crippen molar-refractivity contribution in [1.29, 1.82) is 0 Å². The van der Waals surface area contributed by atoms with Crippen molar-refractivity contribution >= 4 is 5.91 Å². The van der Waals surface area contributed by atoms with Crippen molar-refractivity contribution in [1.82, 2.24) is 10.2 Å². The molecule has 1 heterocycles. The molecule has 0 aromatic heterocycles. The van der Waals surface area contributed by atoms with Gasteiger partial charge in [-0.05, 0) is 17.9 Å². The summed E-state index contributed by atoms with van der Waals surface area (Å²) in [4.78, 5) is 14.6. The van der Waals surface area contributed by atoms with E-state index in [4.69, 9.17) is 4.74 Å². The molecule has 0 saturated carbocycles. The summed E-state index contributed by atoms with van der Waals surface area (Å²) in [6.07, 6.45) is 0.351. The maximum absolute atomic E-state index is 12.2. The van der Waals surface area contributed by atoms with Gasteiger partial charge in [-0.3, -0.25) is 9.69 Å². The zero-order chi connectivity index (χ0) is 18.2. The molecular weight excluding hydrogens is 316 g/mol. The van der Waals surface area contributed by atoms with Crippen molar-refractivity contribution in [2.75, 3.05) is 19.7 Å². The minimum atomic E-state index is -0.598. The van der Waals surface area contributed by atoms with Crippen LogP contribution in [0.15, 0.2) is 30.3 Å². The van der Waals surface area contributed by atoms with E-state index in [2.05, 4.69) is 41.4 Å². The average molecular weight is 348 g/mol. The Labute approximate surface area is 151 Å². The highest BCUT2D eigenvalue weighted by molar-refractivity contribution is 5.76. The van der Waals surface area contributed by atoms with Crippen LogP contribution in [0.1, 0.15) is 39.2 Å². The number of carbonyl (C=O) groups excluding carboxylic acids is 1. The fourth-order valence-electron chi connectivity index (χ4n) is 3.11. The van der Waals surface area contributed by atoms with Crippen molar-refractivity contribution in [2.45, 2.75) is 58.4 Å². The van der Waals surface area contributed by atoms with Crippen LogP contribution in [-0.2, 0) is 16.1 Å². The standard InChI is InChI=1S/C20H32N2O3/c1-4-17(21-20(24)12-18(23)15(2)3)19-14-22(10-11-25-19)13-16-8-6-5-7-9-16/h5-9,15,17-19,23H,4,10-14H2,1-3H3,(H,21,24). The molecule has 3 atom stereocenters. The van der Waals surface area contributed by atoms with Gasteiger partial charge in [0, 0.05) is 19.6 Å². The summed E-state index contributed by atoms with van der Waals surface area (Å²) >= 11 is 0. The van der Waals surface area contributed by atoms with Gasteiger partial charge in [0.1, 0.15) is 0 Å². The van der Waals surface area contributed by atoms with E-state index in [1.165, 1.54) is 5.56 Å². The van der Waals surface area contributed by atoms with E-state index >= 15 is 0 Å². The lowest BCUT2D eigenvalue weighted by molar-refractivity contribution is -0.126. The molecule has 1 aromatic rings. The van der Waals surface area contributed by atoms with Gasteiger partial charge in [0.05, 0.1) is 31.3 Å². The normalized spacial score (nSPS) is 21.1. The first-order valence-electron chi connectivity index (χ1n) is 9.35. The average Bonchev–Trinajstić information content (AvgIpc) is 2.60. The molecule has 5 nitrogen and oxygen atoms in total. The number of amides is 1. The number of nitrogens with one attached hydrogen (secondary N) is 1. The Morgan fingerprint density at radius 2 is 2.08 bits per heavy atom.